The summed E-state index contributed by atoms with van der Waals surface area (Å²) in [5, 5.41) is 12.2. The standard InChI is InChI=1S/C24H24N4O3S/c1-3-30-20-12-10-19(11-13-20)28-23(21-5-4-14-31-21)26-27-24(28)32-16-22(29)25-15-18-8-6-17(2)7-9-18/h4-14H,3,15-16H2,1-2H3,(H,25,29). The molecule has 0 aliphatic carbocycles. The van der Waals surface area contributed by atoms with Crippen molar-refractivity contribution in [1.29, 1.82) is 0 Å². The van der Waals surface area contributed by atoms with Crippen molar-refractivity contribution >= 4 is 17.7 Å². The molecule has 0 spiro atoms. The summed E-state index contributed by atoms with van der Waals surface area (Å²) in [4.78, 5) is 12.4. The van der Waals surface area contributed by atoms with Crippen molar-refractivity contribution in [2.24, 2.45) is 0 Å². The van der Waals surface area contributed by atoms with Gasteiger partial charge in [-0.05, 0) is 55.8 Å². The van der Waals surface area contributed by atoms with Gasteiger partial charge in [-0.25, -0.2) is 0 Å². The van der Waals surface area contributed by atoms with E-state index in [4.69, 9.17) is 9.15 Å². The number of benzene rings is 2. The van der Waals surface area contributed by atoms with Gasteiger partial charge in [0.05, 0.1) is 24.3 Å². The average Bonchev–Trinajstić information content (AvgIpc) is 3.48. The smallest absolute Gasteiger partial charge is 0.230 e. The molecule has 4 aromatic rings. The summed E-state index contributed by atoms with van der Waals surface area (Å²) in [6, 6.07) is 19.4. The maximum absolute atomic E-state index is 12.4. The molecule has 0 saturated heterocycles. The van der Waals surface area contributed by atoms with Gasteiger partial charge in [0.1, 0.15) is 5.75 Å². The number of amides is 1. The predicted octanol–water partition coefficient (Wildman–Crippen LogP) is 4.64. The minimum Gasteiger partial charge on any atom is -0.494 e. The fraction of sp³-hybridized carbons (Fsp3) is 0.208. The number of ether oxygens (including phenoxy) is 1. The molecule has 2 aromatic carbocycles. The van der Waals surface area contributed by atoms with Gasteiger partial charge >= 0.3 is 0 Å². The normalized spacial score (nSPS) is 10.8. The molecule has 0 bridgehead atoms. The molecule has 0 radical (unpaired) electrons. The van der Waals surface area contributed by atoms with Gasteiger partial charge in [-0.3, -0.25) is 9.36 Å². The summed E-state index contributed by atoms with van der Waals surface area (Å²) in [5.41, 5.74) is 3.11. The predicted molar refractivity (Wildman–Crippen MR) is 124 cm³/mol. The largest absolute Gasteiger partial charge is 0.494 e. The summed E-state index contributed by atoms with van der Waals surface area (Å²) in [5.74, 6) is 2.10. The van der Waals surface area contributed by atoms with E-state index in [1.807, 2.05) is 73.0 Å². The summed E-state index contributed by atoms with van der Waals surface area (Å²) in [7, 11) is 0. The van der Waals surface area contributed by atoms with Crippen LogP contribution in [0.3, 0.4) is 0 Å². The molecule has 0 aliphatic rings. The topological polar surface area (TPSA) is 82.2 Å². The van der Waals surface area contributed by atoms with Crippen LogP contribution < -0.4 is 10.1 Å². The lowest BCUT2D eigenvalue weighted by Crippen LogP contribution is -2.24. The van der Waals surface area contributed by atoms with Crippen LogP contribution in [0.2, 0.25) is 0 Å². The molecular formula is C24H24N4O3S. The Labute approximate surface area is 190 Å². The van der Waals surface area contributed by atoms with Crippen molar-refractivity contribution in [2.75, 3.05) is 12.4 Å². The van der Waals surface area contributed by atoms with Crippen LogP contribution in [-0.4, -0.2) is 33.0 Å². The fourth-order valence-corrected chi connectivity index (χ4v) is 3.89. The molecule has 0 aliphatic heterocycles. The van der Waals surface area contributed by atoms with Crippen molar-refractivity contribution < 1.29 is 13.9 Å². The third kappa shape index (κ3) is 5.20. The molecule has 1 amide bonds. The third-order valence-electron chi connectivity index (χ3n) is 4.72. The van der Waals surface area contributed by atoms with Gasteiger partial charge in [-0.2, -0.15) is 0 Å². The number of hydrogen-bond acceptors (Lipinski definition) is 6. The van der Waals surface area contributed by atoms with E-state index in [9.17, 15) is 4.79 Å². The number of hydrogen-bond donors (Lipinski definition) is 1. The minimum atomic E-state index is -0.0728. The lowest BCUT2D eigenvalue weighted by molar-refractivity contribution is -0.118. The Morgan fingerprint density at radius 3 is 2.56 bits per heavy atom. The molecule has 0 unspecified atom stereocenters. The molecule has 4 rings (SSSR count). The van der Waals surface area contributed by atoms with E-state index in [1.54, 1.807) is 12.3 Å². The molecular weight excluding hydrogens is 424 g/mol. The number of rotatable bonds is 9. The van der Waals surface area contributed by atoms with Crippen LogP contribution in [0.5, 0.6) is 5.75 Å². The zero-order valence-corrected chi connectivity index (χ0v) is 18.8. The summed E-state index contributed by atoms with van der Waals surface area (Å²) >= 11 is 1.32. The van der Waals surface area contributed by atoms with E-state index in [0.717, 1.165) is 17.0 Å². The Morgan fingerprint density at radius 1 is 1.09 bits per heavy atom. The fourth-order valence-electron chi connectivity index (χ4n) is 3.11. The van der Waals surface area contributed by atoms with E-state index in [-0.39, 0.29) is 11.7 Å². The van der Waals surface area contributed by atoms with Crippen molar-refractivity contribution in [2.45, 2.75) is 25.5 Å². The van der Waals surface area contributed by atoms with E-state index in [0.29, 0.717) is 29.9 Å². The van der Waals surface area contributed by atoms with Gasteiger partial charge in [0, 0.05) is 6.54 Å². The van der Waals surface area contributed by atoms with Crippen LogP contribution in [0.15, 0.2) is 76.5 Å². The van der Waals surface area contributed by atoms with Crippen molar-refractivity contribution in [3.8, 4) is 23.0 Å². The van der Waals surface area contributed by atoms with Crippen LogP contribution >= 0.6 is 11.8 Å². The maximum atomic E-state index is 12.4. The van der Waals surface area contributed by atoms with E-state index >= 15 is 0 Å². The number of nitrogens with one attached hydrogen (secondary N) is 1. The maximum Gasteiger partial charge on any atom is 0.230 e. The Hall–Kier alpha value is -3.52. The number of aromatic nitrogens is 3. The van der Waals surface area contributed by atoms with Gasteiger partial charge in [0.15, 0.2) is 10.9 Å². The second kappa shape index (κ2) is 10.2. The zero-order valence-electron chi connectivity index (χ0n) is 17.9. The molecule has 8 heteroatoms. The van der Waals surface area contributed by atoms with Crippen molar-refractivity contribution in [3.05, 3.63) is 78.1 Å². The van der Waals surface area contributed by atoms with Crippen molar-refractivity contribution in [3.63, 3.8) is 0 Å². The Kier molecular flexibility index (Phi) is 6.91. The Morgan fingerprint density at radius 2 is 1.88 bits per heavy atom. The number of aryl methyl sites for hydroxylation is 1. The number of furan rings is 1. The molecule has 7 nitrogen and oxygen atoms in total. The summed E-state index contributed by atoms with van der Waals surface area (Å²) < 4.78 is 13.0. The van der Waals surface area contributed by atoms with E-state index < -0.39 is 0 Å². The summed E-state index contributed by atoms with van der Waals surface area (Å²) in [6.07, 6.45) is 1.60. The van der Waals surface area contributed by atoms with Crippen LogP contribution in [-0.2, 0) is 11.3 Å². The molecule has 0 atom stereocenters. The van der Waals surface area contributed by atoms with Crippen molar-refractivity contribution in [1.82, 2.24) is 20.1 Å². The number of thioether (sulfide) groups is 1. The number of carbonyl (C=O) groups is 1. The van der Waals surface area contributed by atoms with Crippen LogP contribution in [0, 0.1) is 6.92 Å². The van der Waals surface area contributed by atoms with Gasteiger partial charge in [0.2, 0.25) is 11.7 Å². The molecule has 164 valence electrons. The number of nitrogens with zero attached hydrogens (tertiary/aromatic N) is 3. The lowest BCUT2D eigenvalue weighted by Gasteiger charge is -2.11. The first kappa shape index (κ1) is 21.7. The van der Waals surface area contributed by atoms with Crippen LogP contribution in [0.4, 0.5) is 0 Å². The average molecular weight is 449 g/mol. The van der Waals surface area contributed by atoms with Gasteiger partial charge in [0.25, 0.3) is 0 Å². The monoisotopic (exact) mass is 448 g/mol. The second-order valence-electron chi connectivity index (χ2n) is 7.10. The second-order valence-corrected chi connectivity index (χ2v) is 8.04. The highest BCUT2D eigenvalue weighted by atomic mass is 32.2. The minimum absolute atomic E-state index is 0.0728. The highest BCUT2D eigenvalue weighted by molar-refractivity contribution is 7.99. The van der Waals surface area contributed by atoms with Gasteiger partial charge in [-0.1, -0.05) is 41.6 Å². The SMILES string of the molecule is CCOc1ccc(-n2c(SCC(=O)NCc3ccc(C)cc3)nnc2-c2ccco2)cc1. The van der Waals surface area contributed by atoms with E-state index in [1.165, 1.54) is 17.3 Å². The summed E-state index contributed by atoms with van der Waals surface area (Å²) in [6.45, 7) is 5.07. The molecule has 0 saturated carbocycles. The highest BCUT2D eigenvalue weighted by Crippen LogP contribution is 2.29. The van der Waals surface area contributed by atoms with Gasteiger partial charge in [-0.15, -0.1) is 10.2 Å². The molecule has 2 aromatic heterocycles. The first-order chi connectivity index (χ1) is 15.6. The van der Waals surface area contributed by atoms with E-state index in [2.05, 4.69) is 15.5 Å². The highest BCUT2D eigenvalue weighted by Gasteiger charge is 2.19. The van der Waals surface area contributed by atoms with Crippen LogP contribution in [0.1, 0.15) is 18.1 Å². The molecule has 1 N–H and O–H groups in total. The zero-order chi connectivity index (χ0) is 22.3. The molecule has 32 heavy (non-hydrogen) atoms. The Bertz CT molecular complexity index is 1150. The number of carbonyl (C=O) groups excluding carboxylic acids is 1. The third-order valence-corrected chi connectivity index (χ3v) is 5.65. The molecule has 2 heterocycles. The molecule has 0 fully saturated rings. The lowest BCUT2D eigenvalue weighted by atomic mass is 10.1. The first-order valence-corrected chi connectivity index (χ1v) is 11.3. The van der Waals surface area contributed by atoms with Gasteiger partial charge < -0.3 is 14.5 Å². The first-order valence-electron chi connectivity index (χ1n) is 10.3. The van der Waals surface area contributed by atoms with Crippen LogP contribution in [0.25, 0.3) is 17.3 Å². The quantitative estimate of drug-likeness (QED) is 0.376. The Balaban J connectivity index is 1.49.